The maximum absolute atomic E-state index is 13.2. The lowest BCUT2D eigenvalue weighted by Crippen LogP contribution is -2.46. The zero-order valence-electron chi connectivity index (χ0n) is 14.5. The minimum absolute atomic E-state index is 0.102. The first kappa shape index (κ1) is 17.9. The Morgan fingerprint density at radius 1 is 1.15 bits per heavy atom. The number of hydrogen-bond acceptors (Lipinski definition) is 3. The van der Waals surface area contributed by atoms with Crippen LogP contribution in [-0.2, 0) is 10.9 Å². The molecule has 4 nitrogen and oxygen atoms in total. The summed E-state index contributed by atoms with van der Waals surface area (Å²) in [6.07, 6.45) is -3.47. The van der Waals surface area contributed by atoms with Crippen molar-refractivity contribution in [3.8, 4) is 0 Å². The predicted molar refractivity (Wildman–Crippen MR) is 94.3 cm³/mol. The van der Waals surface area contributed by atoms with Gasteiger partial charge in [-0.05, 0) is 42.7 Å². The Hall–Kier alpha value is -2.54. The zero-order valence-corrected chi connectivity index (χ0v) is 14.5. The molecule has 0 radical (unpaired) electrons. The summed E-state index contributed by atoms with van der Waals surface area (Å²) >= 11 is 0. The molecular formula is C20H19F3N2O2. The van der Waals surface area contributed by atoms with Crippen LogP contribution in [0.4, 0.5) is 18.9 Å². The molecule has 1 N–H and O–H groups in total. The van der Waals surface area contributed by atoms with Gasteiger partial charge in [0.25, 0.3) is 5.91 Å². The van der Waals surface area contributed by atoms with Gasteiger partial charge in [-0.15, -0.1) is 0 Å². The van der Waals surface area contributed by atoms with Gasteiger partial charge in [-0.25, -0.2) is 0 Å². The van der Waals surface area contributed by atoms with Crippen LogP contribution in [-0.4, -0.2) is 30.1 Å². The number of amides is 1. The van der Waals surface area contributed by atoms with E-state index in [0.29, 0.717) is 30.0 Å². The van der Waals surface area contributed by atoms with Crippen molar-refractivity contribution < 1.29 is 22.7 Å². The van der Waals surface area contributed by atoms with Gasteiger partial charge in [-0.3, -0.25) is 4.79 Å². The molecule has 2 aliphatic rings. The average Bonchev–Trinajstić information content (AvgIpc) is 3.16. The summed E-state index contributed by atoms with van der Waals surface area (Å²) < 4.78 is 45.1. The Morgan fingerprint density at radius 3 is 2.70 bits per heavy atom. The van der Waals surface area contributed by atoms with Crippen molar-refractivity contribution in [2.75, 3.05) is 18.5 Å². The van der Waals surface area contributed by atoms with Gasteiger partial charge in [0, 0.05) is 18.8 Å². The second-order valence-corrected chi connectivity index (χ2v) is 6.81. The molecule has 0 spiro atoms. The Labute approximate surface area is 154 Å². The number of hydrogen-bond donors (Lipinski definition) is 1. The number of anilines is 1. The number of benzene rings is 2. The van der Waals surface area contributed by atoms with Gasteiger partial charge in [0.1, 0.15) is 6.17 Å². The third-order valence-corrected chi connectivity index (χ3v) is 4.98. The summed E-state index contributed by atoms with van der Waals surface area (Å²) in [7, 11) is 0. The number of rotatable bonds is 3. The molecule has 1 fully saturated rings. The van der Waals surface area contributed by atoms with Crippen LogP contribution >= 0.6 is 0 Å². The van der Waals surface area contributed by atoms with E-state index in [-0.39, 0.29) is 12.0 Å². The third-order valence-electron chi connectivity index (χ3n) is 4.98. The normalized spacial score (nSPS) is 22.5. The number of nitrogens with zero attached hydrogens (tertiary/aromatic N) is 1. The van der Waals surface area contributed by atoms with E-state index in [4.69, 9.17) is 4.74 Å². The van der Waals surface area contributed by atoms with Crippen LogP contribution in [0.2, 0.25) is 0 Å². The number of carbonyl (C=O) groups excluding carboxylic acids is 1. The molecule has 2 atom stereocenters. The average molecular weight is 376 g/mol. The molecule has 0 bridgehead atoms. The lowest BCUT2D eigenvalue weighted by atomic mass is 10.0. The van der Waals surface area contributed by atoms with E-state index >= 15 is 0 Å². The second kappa shape index (κ2) is 6.88. The SMILES string of the molecule is O=C1c2ccccc2N[C@H](c2cccc(C(F)(F)F)c2)N1C[C@@H]1CCCO1. The van der Waals surface area contributed by atoms with Crippen LogP contribution in [0.5, 0.6) is 0 Å². The highest BCUT2D eigenvalue weighted by Gasteiger charge is 2.37. The van der Waals surface area contributed by atoms with Crippen LogP contribution in [0.1, 0.15) is 40.5 Å². The number of para-hydroxylation sites is 1. The fraction of sp³-hybridized carbons (Fsp3) is 0.350. The number of ether oxygens (including phenoxy) is 1. The Balaban J connectivity index is 1.73. The highest BCUT2D eigenvalue weighted by Crippen LogP contribution is 2.36. The van der Waals surface area contributed by atoms with Crippen LogP contribution in [0.15, 0.2) is 48.5 Å². The molecule has 2 aromatic rings. The number of carbonyl (C=O) groups is 1. The van der Waals surface area contributed by atoms with E-state index in [1.54, 1.807) is 35.2 Å². The Morgan fingerprint density at radius 2 is 1.96 bits per heavy atom. The molecule has 0 aliphatic carbocycles. The molecule has 1 saturated heterocycles. The molecule has 0 saturated carbocycles. The van der Waals surface area contributed by atoms with Crippen molar-refractivity contribution in [1.29, 1.82) is 0 Å². The molecular weight excluding hydrogens is 357 g/mol. The summed E-state index contributed by atoms with van der Waals surface area (Å²) in [4.78, 5) is 14.7. The van der Waals surface area contributed by atoms with E-state index in [9.17, 15) is 18.0 Å². The van der Waals surface area contributed by atoms with Crippen LogP contribution in [0.25, 0.3) is 0 Å². The van der Waals surface area contributed by atoms with Crippen molar-refractivity contribution in [2.45, 2.75) is 31.3 Å². The first-order valence-corrected chi connectivity index (χ1v) is 8.89. The quantitative estimate of drug-likeness (QED) is 0.861. The lowest BCUT2D eigenvalue weighted by molar-refractivity contribution is -0.137. The fourth-order valence-electron chi connectivity index (χ4n) is 3.64. The van der Waals surface area contributed by atoms with Crippen molar-refractivity contribution >= 4 is 11.6 Å². The standard InChI is InChI=1S/C20H19F3N2O2/c21-20(22,23)14-6-3-5-13(11-14)18-24-17-9-2-1-8-16(17)19(26)25(18)12-15-7-4-10-27-15/h1-3,5-6,8-9,11,15,18,24H,4,7,10,12H2/t15-,18-/m0/s1. The fourth-order valence-corrected chi connectivity index (χ4v) is 3.64. The highest BCUT2D eigenvalue weighted by atomic mass is 19.4. The summed E-state index contributed by atoms with van der Waals surface area (Å²) in [5.41, 5.74) is 0.795. The largest absolute Gasteiger partial charge is 0.416 e. The number of halogens is 3. The van der Waals surface area contributed by atoms with Gasteiger partial charge in [0.05, 0.1) is 17.2 Å². The minimum atomic E-state index is -4.44. The van der Waals surface area contributed by atoms with Crippen LogP contribution < -0.4 is 5.32 Å². The monoisotopic (exact) mass is 376 g/mol. The third kappa shape index (κ3) is 3.51. The molecule has 27 heavy (non-hydrogen) atoms. The summed E-state index contributed by atoms with van der Waals surface area (Å²) in [5, 5.41) is 3.23. The first-order chi connectivity index (χ1) is 12.9. The molecule has 2 aromatic carbocycles. The van der Waals surface area contributed by atoms with Crippen molar-refractivity contribution in [1.82, 2.24) is 4.90 Å². The maximum Gasteiger partial charge on any atom is 0.416 e. The molecule has 0 unspecified atom stereocenters. The molecule has 1 amide bonds. The predicted octanol–water partition coefficient (Wildman–Crippen LogP) is 4.45. The van der Waals surface area contributed by atoms with E-state index in [1.165, 1.54) is 6.07 Å². The summed E-state index contributed by atoms with van der Waals surface area (Å²) in [6, 6.07) is 12.2. The molecule has 2 aliphatic heterocycles. The van der Waals surface area contributed by atoms with E-state index in [0.717, 1.165) is 25.0 Å². The van der Waals surface area contributed by atoms with E-state index in [1.807, 2.05) is 0 Å². The van der Waals surface area contributed by atoms with Gasteiger partial charge in [-0.1, -0.05) is 24.3 Å². The number of alkyl halides is 3. The Bertz CT molecular complexity index is 847. The maximum atomic E-state index is 13.2. The highest BCUT2D eigenvalue weighted by molar-refractivity contribution is 6.01. The summed E-state index contributed by atoms with van der Waals surface area (Å²) in [5.74, 6) is -0.206. The van der Waals surface area contributed by atoms with Crippen molar-refractivity contribution in [2.24, 2.45) is 0 Å². The van der Waals surface area contributed by atoms with Crippen molar-refractivity contribution in [3.63, 3.8) is 0 Å². The minimum Gasteiger partial charge on any atom is -0.376 e. The number of nitrogens with one attached hydrogen (secondary N) is 1. The topological polar surface area (TPSA) is 41.6 Å². The lowest BCUT2D eigenvalue weighted by Gasteiger charge is -2.39. The Kier molecular flexibility index (Phi) is 4.55. The van der Waals surface area contributed by atoms with Crippen LogP contribution in [0.3, 0.4) is 0 Å². The van der Waals surface area contributed by atoms with E-state index < -0.39 is 17.9 Å². The summed E-state index contributed by atoms with van der Waals surface area (Å²) in [6.45, 7) is 0.978. The van der Waals surface area contributed by atoms with E-state index in [2.05, 4.69) is 5.32 Å². The van der Waals surface area contributed by atoms with Crippen molar-refractivity contribution in [3.05, 3.63) is 65.2 Å². The zero-order chi connectivity index (χ0) is 19.0. The first-order valence-electron chi connectivity index (χ1n) is 8.89. The smallest absolute Gasteiger partial charge is 0.376 e. The molecule has 4 rings (SSSR count). The number of fused-ring (bicyclic) bond motifs is 1. The van der Waals surface area contributed by atoms with Gasteiger partial charge < -0.3 is 15.0 Å². The molecule has 142 valence electrons. The van der Waals surface area contributed by atoms with Gasteiger partial charge in [0.2, 0.25) is 0 Å². The molecule has 0 aromatic heterocycles. The van der Waals surface area contributed by atoms with Gasteiger partial charge >= 0.3 is 6.18 Å². The van der Waals surface area contributed by atoms with Gasteiger partial charge in [0.15, 0.2) is 0 Å². The molecule has 7 heteroatoms. The second-order valence-electron chi connectivity index (χ2n) is 6.81. The molecule has 2 heterocycles. The van der Waals surface area contributed by atoms with Crippen LogP contribution in [0, 0.1) is 0 Å². The van der Waals surface area contributed by atoms with Gasteiger partial charge in [-0.2, -0.15) is 13.2 Å².